The van der Waals surface area contributed by atoms with Crippen molar-refractivity contribution in [1.29, 1.82) is 0 Å². The van der Waals surface area contributed by atoms with Crippen molar-refractivity contribution in [3.63, 3.8) is 0 Å². The van der Waals surface area contributed by atoms with E-state index in [4.69, 9.17) is 5.73 Å². The summed E-state index contributed by atoms with van der Waals surface area (Å²) in [5, 5.41) is 0. The molecular formula is C16H21N3. The molecule has 1 heterocycles. The van der Waals surface area contributed by atoms with Gasteiger partial charge >= 0.3 is 0 Å². The van der Waals surface area contributed by atoms with Crippen LogP contribution in [0.3, 0.4) is 0 Å². The van der Waals surface area contributed by atoms with E-state index in [1.54, 1.807) is 0 Å². The maximum absolute atomic E-state index is 5.71. The minimum atomic E-state index is 0.596. The van der Waals surface area contributed by atoms with Crippen LogP contribution < -0.4 is 10.6 Å². The Hall–Kier alpha value is -1.87. The fraction of sp³-hybridized carbons (Fsp3) is 0.312. The Morgan fingerprint density at radius 1 is 1.21 bits per heavy atom. The highest BCUT2D eigenvalue weighted by molar-refractivity contribution is 5.51. The van der Waals surface area contributed by atoms with E-state index in [0.29, 0.717) is 6.54 Å². The molecule has 19 heavy (non-hydrogen) atoms. The second-order valence-electron chi connectivity index (χ2n) is 4.65. The van der Waals surface area contributed by atoms with Crippen LogP contribution in [0.5, 0.6) is 0 Å². The molecule has 0 bridgehead atoms. The van der Waals surface area contributed by atoms with Gasteiger partial charge in [-0.05, 0) is 49.2 Å². The Morgan fingerprint density at radius 2 is 2.05 bits per heavy atom. The van der Waals surface area contributed by atoms with E-state index < -0.39 is 0 Å². The van der Waals surface area contributed by atoms with Crippen molar-refractivity contribution in [2.75, 3.05) is 11.4 Å². The van der Waals surface area contributed by atoms with Crippen molar-refractivity contribution >= 4 is 5.69 Å². The van der Waals surface area contributed by atoms with Gasteiger partial charge in [0.1, 0.15) is 0 Å². The molecule has 0 amide bonds. The van der Waals surface area contributed by atoms with Crippen LogP contribution in [-0.4, -0.2) is 11.5 Å². The number of nitrogens with zero attached hydrogens (tertiary/aromatic N) is 2. The zero-order chi connectivity index (χ0) is 13.7. The summed E-state index contributed by atoms with van der Waals surface area (Å²) in [6.07, 6.45) is 1.84. The van der Waals surface area contributed by atoms with Crippen molar-refractivity contribution < 1.29 is 0 Å². The van der Waals surface area contributed by atoms with Gasteiger partial charge in [0.15, 0.2) is 0 Å². The minimum Gasteiger partial charge on any atom is -0.366 e. The predicted molar refractivity (Wildman–Crippen MR) is 80.0 cm³/mol. The van der Waals surface area contributed by atoms with Gasteiger partial charge in [-0.3, -0.25) is 4.98 Å². The third-order valence-corrected chi connectivity index (χ3v) is 3.37. The Labute approximate surface area is 115 Å². The Kier molecular flexibility index (Phi) is 4.53. The highest BCUT2D eigenvalue weighted by atomic mass is 15.1. The van der Waals surface area contributed by atoms with E-state index in [2.05, 4.69) is 48.0 Å². The van der Waals surface area contributed by atoms with Crippen LogP contribution in [0, 0.1) is 6.92 Å². The van der Waals surface area contributed by atoms with Crippen LogP contribution in [0.25, 0.3) is 0 Å². The number of hydrogen-bond acceptors (Lipinski definition) is 3. The first-order valence-electron chi connectivity index (χ1n) is 6.69. The van der Waals surface area contributed by atoms with Crippen molar-refractivity contribution in [2.24, 2.45) is 5.73 Å². The lowest BCUT2D eigenvalue weighted by Crippen LogP contribution is -2.22. The number of anilines is 1. The molecule has 3 heteroatoms. The Bertz CT molecular complexity index is 523. The second-order valence-corrected chi connectivity index (χ2v) is 4.65. The van der Waals surface area contributed by atoms with Gasteiger partial charge in [-0.2, -0.15) is 0 Å². The molecule has 2 aromatic rings. The van der Waals surface area contributed by atoms with E-state index in [0.717, 1.165) is 18.8 Å². The number of nitrogens with two attached hydrogens (primary N) is 1. The molecule has 0 radical (unpaired) electrons. The summed E-state index contributed by atoms with van der Waals surface area (Å²) in [6, 6.07) is 12.5. The number of benzene rings is 1. The number of hydrogen-bond donors (Lipinski definition) is 1. The summed E-state index contributed by atoms with van der Waals surface area (Å²) in [5.41, 5.74) is 10.5. The number of pyridine rings is 1. The monoisotopic (exact) mass is 255 g/mol. The molecule has 100 valence electrons. The first-order chi connectivity index (χ1) is 9.24. The van der Waals surface area contributed by atoms with Gasteiger partial charge in [0.05, 0.1) is 12.2 Å². The normalized spacial score (nSPS) is 10.5. The highest BCUT2D eigenvalue weighted by Gasteiger charge is 2.07. The average Bonchev–Trinajstić information content (AvgIpc) is 2.46. The SMILES string of the molecule is CCN(Cc1ccccn1)c1ccc(CN)c(C)c1. The van der Waals surface area contributed by atoms with Crippen LogP contribution in [-0.2, 0) is 13.1 Å². The molecule has 0 fully saturated rings. The fourth-order valence-corrected chi connectivity index (χ4v) is 2.18. The standard InChI is InChI=1S/C16H21N3/c1-3-19(12-15-6-4-5-9-18-15)16-8-7-14(11-17)13(2)10-16/h4-10H,3,11-12,17H2,1-2H3. The lowest BCUT2D eigenvalue weighted by atomic mass is 10.1. The first-order valence-corrected chi connectivity index (χ1v) is 6.69. The lowest BCUT2D eigenvalue weighted by Gasteiger charge is -2.23. The van der Waals surface area contributed by atoms with Crippen molar-refractivity contribution in [2.45, 2.75) is 26.9 Å². The van der Waals surface area contributed by atoms with Gasteiger partial charge in [0.25, 0.3) is 0 Å². The van der Waals surface area contributed by atoms with Gasteiger partial charge < -0.3 is 10.6 Å². The molecule has 0 aliphatic carbocycles. The molecule has 0 atom stereocenters. The number of aromatic nitrogens is 1. The molecule has 0 aliphatic heterocycles. The fourth-order valence-electron chi connectivity index (χ4n) is 2.18. The Balaban J connectivity index is 2.20. The molecule has 3 nitrogen and oxygen atoms in total. The molecule has 1 aromatic heterocycles. The molecule has 0 spiro atoms. The molecule has 0 saturated carbocycles. The summed E-state index contributed by atoms with van der Waals surface area (Å²) in [6.45, 7) is 6.66. The van der Waals surface area contributed by atoms with Gasteiger partial charge in [0.2, 0.25) is 0 Å². The van der Waals surface area contributed by atoms with Crippen LogP contribution in [0.1, 0.15) is 23.7 Å². The van der Waals surface area contributed by atoms with E-state index >= 15 is 0 Å². The third-order valence-electron chi connectivity index (χ3n) is 3.37. The van der Waals surface area contributed by atoms with Crippen molar-refractivity contribution in [3.8, 4) is 0 Å². The van der Waals surface area contributed by atoms with Gasteiger partial charge in [-0.15, -0.1) is 0 Å². The molecular weight excluding hydrogens is 234 g/mol. The molecule has 0 aliphatic rings. The molecule has 0 saturated heterocycles. The number of aryl methyl sites for hydroxylation is 1. The maximum Gasteiger partial charge on any atom is 0.0601 e. The van der Waals surface area contributed by atoms with Crippen LogP contribution >= 0.6 is 0 Å². The first kappa shape index (κ1) is 13.6. The predicted octanol–water partition coefficient (Wildman–Crippen LogP) is 2.88. The third kappa shape index (κ3) is 3.32. The lowest BCUT2D eigenvalue weighted by molar-refractivity contribution is 0.808. The largest absolute Gasteiger partial charge is 0.366 e. The highest BCUT2D eigenvalue weighted by Crippen LogP contribution is 2.20. The van der Waals surface area contributed by atoms with E-state index in [1.165, 1.54) is 16.8 Å². The summed E-state index contributed by atoms with van der Waals surface area (Å²) < 4.78 is 0. The number of rotatable bonds is 5. The van der Waals surface area contributed by atoms with Crippen molar-refractivity contribution in [3.05, 3.63) is 59.4 Å². The average molecular weight is 255 g/mol. The van der Waals surface area contributed by atoms with E-state index in [9.17, 15) is 0 Å². The van der Waals surface area contributed by atoms with Crippen LogP contribution in [0.4, 0.5) is 5.69 Å². The van der Waals surface area contributed by atoms with E-state index in [1.807, 2.05) is 18.3 Å². The molecule has 2 N–H and O–H groups in total. The molecule has 0 unspecified atom stereocenters. The summed E-state index contributed by atoms with van der Waals surface area (Å²) in [5.74, 6) is 0. The smallest absolute Gasteiger partial charge is 0.0601 e. The van der Waals surface area contributed by atoms with E-state index in [-0.39, 0.29) is 0 Å². The van der Waals surface area contributed by atoms with Gasteiger partial charge in [-0.1, -0.05) is 12.1 Å². The van der Waals surface area contributed by atoms with Crippen molar-refractivity contribution in [1.82, 2.24) is 4.98 Å². The molecule has 2 rings (SSSR count). The molecule has 1 aromatic carbocycles. The van der Waals surface area contributed by atoms with Gasteiger partial charge in [0, 0.05) is 25.0 Å². The van der Waals surface area contributed by atoms with Crippen LogP contribution in [0.2, 0.25) is 0 Å². The Morgan fingerprint density at radius 3 is 2.63 bits per heavy atom. The van der Waals surface area contributed by atoms with Crippen LogP contribution in [0.15, 0.2) is 42.6 Å². The maximum atomic E-state index is 5.71. The summed E-state index contributed by atoms with van der Waals surface area (Å²) in [7, 11) is 0. The summed E-state index contributed by atoms with van der Waals surface area (Å²) >= 11 is 0. The zero-order valence-electron chi connectivity index (χ0n) is 11.6. The minimum absolute atomic E-state index is 0.596. The second kappa shape index (κ2) is 6.34. The van der Waals surface area contributed by atoms with Gasteiger partial charge in [-0.25, -0.2) is 0 Å². The zero-order valence-corrected chi connectivity index (χ0v) is 11.6. The topological polar surface area (TPSA) is 42.2 Å². The quantitative estimate of drug-likeness (QED) is 0.893. The summed E-state index contributed by atoms with van der Waals surface area (Å²) in [4.78, 5) is 6.70.